The molecule has 0 unspecified atom stereocenters. The molecule has 0 aromatic heterocycles. The summed E-state index contributed by atoms with van der Waals surface area (Å²) in [5, 5.41) is 4.17. The summed E-state index contributed by atoms with van der Waals surface area (Å²) < 4.78 is 0. The molecule has 4 heteroatoms. The van der Waals surface area contributed by atoms with Crippen molar-refractivity contribution in [3.63, 3.8) is 0 Å². The van der Waals surface area contributed by atoms with Gasteiger partial charge < -0.3 is 0 Å². The predicted molar refractivity (Wildman–Crippen MR) is 118 cm³/mol. The largest absolute Gasteiger partial charge is 0.272 e. The van der Waals surface area contributed by atoms with Gasteiger partial charge in [-0.3, -0.25) is 4.79 Å². The number of amides is 1. The summed E-state index contributed by atoms with van der Waals surface area (Å²) in [6.07, 6.45) is 8.39. The van der Waals surface area contributed by atoms with E-state index in [0.717, 1.165) is 29.7 Å². The lowest BCUT2D eigenvalue weighted by atomic mass is 10.1. The summed E-state index contributed by atoms with van der Waals surface area (Å²) in [7, 11) is 0. The number of carbonyl (C=O) groups excluding carboxylic acids is 1. The van der Waals surface area contributed by atoms with Gasteiger partial charge in [-0.2, -0.15) is 5.10 Å². The number of nitrogens with zero attached hydrogens (tertiary/aromatic N) is 1. The Bertz CT molecular complexity index is 727. The molecule has 1 amide bonds. The van der Waals surface area contributed by atoms with Crippen LogP contribution in [0.2, 0.25) is 0 Å². The van der Waals surface area contributed by atoms with E-state index in [1.165, 1.54) is 18.4 Å². The Kier molecular flexibility index (Phi) is 10.0. The lowest BCUT2D eigenvalue weighted by molar-refractivity contribution is -0.118. The first-order valence-corrected chi connectivity index (χ1v) is 10.6. The third-order valence-electron chi connectivity index (χ3n) is 3.98. The van der Waals surface area contributed by atoms with Gasteiger partial charge in [-0.15, -0.1) is 11.8 Å². The van der Waals surface area contributed by atoms with E-state index < -0.39 is 0 Å². The molecule has 0 aliphatic heterocycles. The van der Waals surface area contributed by atoms with E-state index in [9.17, 15) is 4.79 Å². The second kappa shape index (κ2) is 12.9. The van der Waals surface area contributed by atoms with E-state index in [1.807, 2.05) is 36.4 Å². The molecule has 0 spiro atoms. The molecule has 0 saturated carbocycles. The van der Waals surface area contributed by atoms with Gasteiger partial charge in [-0.25, -0.2) is 5.43 Å². The number of rotatable bonds is 11. The zero-order valence-electron chi connectivity index (χ0n) is 15.9. The van der Waals surface area contributed by atoms with Crippen LogP contribution in [0.5, 0.6) is 0 Å². The number of hydrogen-bond donors (Lipinski definition) is 1. The Morgan fingerprint density at radius 2 is 1.74 bits per heavy atom. The number of hydrogen-bond acceptors (Lipinski definition) is 3. The molecule has 2 aromatic carbocycles. The highest BCUT2D eigenvalue weighted by atomic mass is 32.2. The summed E-state index contributed by atoms with van der Waals surface area (Å²) in [6, 6.07) is 20.4. The minimum absolute atomic E-state index is 0.0696. The molecule has 0 saturated heterocycles. The third kappa shape index (κ3) is 9.25. The van der Waals surface area contributed by atoms with Crippen LogP contribution in [0.15, 0.2) is 71.3 Å². The monoisotopic (exact) mass is 380 g/mol. The van der Waals surface area contributed by atoms with E-state index in [0.29, 0.717) is 5.75 Å². The minimum atomic E-state index is -0.0696. The van der Waals surface area contributed by atoms with Crippen LogP contribution in [0, 0.1) is 0 Å². The topological polar surface area (TPSA) is 41.5 Å². The molecule has 3 nitrogen and oxygen atoms in total. The van der Waals surface area contributed by atoms with Gasteiger partial charge in [0.2, 0.25) is 5.91 Å². The summed E-state index contributed by atoms with van der Waals surface area (Å²) in [5.74, 6) is 1.16. The molecule has 2 rings (SSSR count). The Morgan fingerprint density at radius 1 is 1.04 bits per heavy atom. The van der Waals surface area contributed by atoms with Gasteiger partial charge >= 0.3 is 0 Å². The molecule has 0 aliphatic carbocycles. The summed E-state index contributed by atoms with van der Waals surface area (Å²) >= 11 is 1.59. The van der Waals surface area contributed by atoms with Crippen LogP contribution in [0.1, 0.15) is 43.7 Å². The molecular formula is C23H28N2OS. The van der Waals surface area contributed by atoms with Gasteiger partial charge in [0.1, 0.15) is 0 Å². The van der Waals surface area contributed by atoms with Gasteiger partial charge in [0.15, 0.2) is 0 Å². The van der Waals surface area contributed by atoms with Gasteiger partial charge in [0, 0.05) is 5.75 Å². The fraction of sp³-hybridized carbons (Fsp3) is 0.304. The number of carbonyl (C=O) groups is 1. The maximum atomic E-state index is 12.0. The standard InChI is InChI=1S/C23H28N2OS/c1-2-3-6-15-22(16-20-11-7-4-8-12-20)17-24-25-23(26)19-27-18-21-13-9-5-10-14-21/h4-5,7-14,16-17H,2-3,6,15,18-19H2,1H3,(H,25,26)/b22-16+,24-17+. The first-order valence-electron chi connectivity index (χ1n) is 9.47. The number of benzene rings is 2. The van der Waals surface area contributed by atoms with Crippen LogP contribution in [0.3, 0.4) is 0 Å². The maximum Gasteiger partial charge on any atom is 0.250 e. The second-order valence-electron chi connectivity index (χ2n) is 6.36. The molecular weight excluding hydrogens is 352 g/mol. The zero-order valence-corrected chi connectivity index (χ0v) is 16.8. The van der Waals surface area contributed by atoms with Gasteiger partial charge in [0.25, 0.3) is 0 Å². The van der Waals surface area contributed by atoms with Crippen molar-refractivity contribution in [2.24, 2.45) is 5.10 Å². The minimum Gasteiger partial charge on any atom is -0.272 e. The fourth-order valence-electron chi connectivity index (χ4n) is 2.57. The van der Waals surface area contributed by atoms with E-state index in [4.69, 9.17) is 0 Å². The number of unbranched alkanes of at least 4 members (excludes halogenated alkanes) is 2. The normalized spacial score (nSPS) is 11.7. The van der Waals surface area contributed by atoms with E-state index >= 15 is 0 Å². The summed E-state index contributed by atoms with van der Waals surface area (Å²) in [5.41, 5.74) is 6.15. The average Bonchev–Trinajstić information content (AvgIpc) is 2.69. The van der Waals surface area contributed by atoms with Crippen molar-refractivity contribution in [2.75, 3.05) is 5.75 Å². The molecule has 0 aliphatic rings. The lowest BCUT2D eigenvalue weighted by Crippen LogP contribution is -2.19. The number of thioether (sulfide) groups is 1. The Morgan fingerprint density at radius 3 is 2.44 bits per heavy atom. The molecule has 142 valence electrons. The predicted octanol–water partition coefficient (Wildman–Crippen LogP) is 5.69. The highest BCUT2D eigenvalue weighted by molar-refractivity contribution is 7.99. The van der Waals surface area contributed by atoms with Crippen LogP contribution in [0.25, 0.3) is 6.08 Å². The Hall–Kier alpha value is -2.33. The van der Waals surface area contributed by atoms with E-state index in [2.05, 4.69) is 47.8 Å². The van der Waals surface area contributed by atoms with Gasteiger partial charge in [-0.1, -0.05) is 86.5 Å². The van der Waals surface area contributed by atoms with Crippen LogP contribution in [-0.2, 0) is 10.5 Å². The first kappa shape index (κ1) is 21.0. The molecule has 0 bridgehead atoms. The quantitative estimate of drug-likeness (QED) is 0.309. The van der Waals surface area contributed by atoms with E-state index in [1.54, 1.807) is 18.0 Å². The lowest BCUT2D eigenvalue weighted by Gasteiger charge is -2.04. The zero-order chi connectivity index (χ0) is 19.2. The van der Waals surface area contributed by atoms with Crippen LogP contribution < -0.4 is 5.43 Å². The highest BCUT2D eigenvalue weighted by Crippen LogP contribution is 2.13. The Balaban J connectivity index is 1.81. The van der Waals surface area contributed by atoms with Crippen LogP contribution in [-0.4, -0.2) is 17.9 Å². The van der Waals surface area contributed by atoms with Crippen LogP contribution >= 0.6 is 11.8 Å². The van der Waals surface area contributed by atoms with Crippen molar-refractivity contribution in [3.8, 4) is 0 Å². The SMILES string of the molecule is CCCCCC(/C=N/NC(=O)CSCc1ccccc1)=C\c1ccccc1. The first-order chi connectivity index (χ1) is 13.3. The summed E-state index contributed by atoms with van der Waals surface area (Å²) in [4.78, 5) is 12.0. The van der Waals surface area contributed by atoms with Crippen molar-refractivity contribution < 1.29 is 4.79 Å². The number of nitrogens with one attached hydrogen (secondary N) is 1. The van der Waals surface area contributed by atoms with Gasteiger partial charge in [-0.05, 0) is 29.5 Å². The molecule has 0 fully saturated rings. The van der Waals surface area contributed by atoms with Crippen molar-refractivity contribution >= 4 is 30.0 Å². The van der Waals surface area contributed by atoms with Crippen LogP contribution in [0.4, 0.5) is 0 Å². The second-order valence-corrected chi connectivity index (χ2v) is 7.34. The summed E-state index contributed by atoms with van der Waals surface area (Å²) in [6.45, 7) is 2.20. The highest BCUT2D eigenvalue weighted by Gasteiger charge is 2.01. The van der Waals surface area contributed by atoms with Crippen molar-refractivity contribution in [1.82, 2.24) is 5.43 Å². The molecule has 2 aromatic rings. The molecule has 1 N–H and O–H groups in total. The number of allylic oxidation sites excluding steroid dienone is 1. The maximum absolute atomic E-state index is 12.0. The van der Waals surface area contributed by atoms with E-state index in [-0.39, 0.29) is 5.91 Å². The van der Waals surface area contributed by atoms with Crippen molar-refractivity contribution in [2.45, 2.75) is 38.4 Å². The molecule has 0 radical (unpaired) electrons. The Labute approximate surface area is 167 Å². The third-order valence-corrected chi connectivity index (χ3v) is 4.99. The molecule has 0 heterocycles. The molecule has 0 atom stereocenters. The van der Waals surface area contributed by atoms with Crippen molar-refractivity contribution in [3.05, 3.63) is 77.4 Å². The fourth-order valence-corrected chi connectivity index (χ4v) is 3.35. The molecule has 27 heavy (non-hydrogen) atoms. The average molecular weight is 381 g/mol. The van der Waals surface area contributed by atoms with Gasteiger partial charge in [0.05, 0.1) is 12.0 Å². The number of hydrazone groups is 1. The van der Waals surface area contributed by atoms with Crippen molar-refractivity contribution in [1.29, 1.82) is 0 Å². The smallest absolute Gasteiger partial charge is 0.250 e.